The van der Waals surface area contributed by atoms with E-state index in [4.69, 9.17) is 0 Å². The van der Waals surface area contributed by atoms with Crippen LogP contribution in [0.5, 0.6) is 0 Å². The van der Waals surface area contributed by atoms with Crippen LogP contribution < -0.4 is 10.6 Å². The summed E-state index contributed by atoms with van der Waals surface area (Å²) in [5, 5.41) is 8.45. The smallest absolute Gasteiger partial charge is 0.0823 e. The van der Waals surface area contributed by atoms with Crippen molar-refractivity contribution in [1.29, 1.82) is 0 Å². The molecule has 2 radical (unpaired) electrons. The average molecular weight is 156 g/mol. The van der Waals surface area contributed by atoms with Crippen LogP contribution in [0.1, 0.15) is 12.8 Å². The van der Waals surface area contributed by atoms with Crippen molar-refractivity contribution in [3.05, 3.63) is 6.04 Å². The van der Waals surface area contributed by atoms with Gasteiger partial charge in [0.2, 0.25) is 0 Å². The number of thioether (sulfide) groups is 1. The van der Waals surface area contributed by atoms with E-state index in [0.717, 1.165) is 13.1 Å². The molecule has 2 nitrogen and oxygen atoms in total. The molecule has 0 aromatic carbocycles. The molecule has 2 rings (SSSR count). The van der Waals surface area contributed by atoms with E-state index >= 15 is 0 Å². The summed E-state index contributed by atoms with van der Waals surface area (Å²) in [6, 6.07) is 1.41. The average Bonchev–Trinajstić information content (AvgIpc) is 2.59. The fourth-order valence-electron chi connectivity index (χ4n) is 1.42. The molecule has 0 bridgehead atoms. The standard InChI is InChI=1S/C7H12N2S/c1-2-6(8-3-1)7-9-4-5-10-7/h7,9H,1-5H2. The fraction of sp³-hybridized carbons (Fsp3) is 0.857. The van der Waals surface area contributed by atoms with Crippen LogP contribution in [-0.4, -0.2) is 24.2 Å². The molecule has 0 amide bonds. The number of nitrogens with zero attached hydrogens (tertiary/aromatic N) is 1. The predicted molar refractivity (Wildman–Crippen MR) is 43.7 cm³/mol. The second-order valence-electron chi connectivity index (χ2n) is 2.68. The molecule has 0 aromatic rings. The molecule has 56 valence electrons. The molecule has 0 aromatic heterocycles. The van der Waals surface area contributed by atoms with Crippen molar-refractivity contribution in [2.75, 3.05) is 18.8 Å². The number of rotatable bonds is 1. The number of hydrogen-bond acceptors (Lipinski definition) is 2. The first kappa shape index (κ1) is 6.95. The Kier molecular flexibility index (Phi) is 2.16. The van der Waals surface area contributed by atoms with E-state index in [1.807, 2.05) is 11.8 Å². The minimum atomic E-state index is 0.572. The number of nitrogens with one attached hydrogen (secondary N) is 1. The van der Waals surface area contributed by atoms with Gasteiger partial charge in [-0.2, -0.15) is 0 Å². The van der Waals surface area contributed by atoms with Crippen molar-refractivity contribution in [1.82, 2.24) is 10.6 Å². The Labute approximate surface area is 66.1 Å². The quantitative estimate of drug-likeness (QED) is 0.601. The van der Waals surface area contributed by atoms with Gasteiger partial charge < -0.3 is 5.32 Å². The molecule has 1 atom stereocenters. The molecule has 0 spiro atoms. The van der Waals surface area contributed by atoms with Gasteiger partial charge in [-0.05, 0) is 12.8 Å². The van der Waals surface area contributed by atoms with Gasteiger partial charge in [-0.25, -0.2) is 5.32 Å². The van der Waals surface area contributed by atoms with Gasteiger partial charge in [0.15, 0.2) is 0 Å². The van der Waals surface area contributed by atoms with Crippen LogP contribution in [-0.2, 0) is 0 Å². The third-order valence-corrected chi connectivity index (χ3v) is 3.14. The molecule has 2 heterocycles. The minimum absolute atomic E-state index is 0.572. The lowest BCUT2D eigenvalue weighted by molar-refractivity contribution is 0.642. The lowest BCUT2D eigenvalue weighted by Gasteiger charge is -2.14. The van der Waals surface area contributed by atoms with Crippen molar-refractivity contribution < 1.29 is 0 Å². The van der Waals surface area contributed by atoms with Crippen LogP contribution in [0.3, 0.4) is 0 Å². The Morgan fingerprint density at radius 3 is 3.20 bits per heavy atom. The van der Waals surface area contributed by atoms with E-state index in [9.17, 15) is 0 Å². The van der Waals surface area contributed by atoms with Crippen molar-refractivity contribution in [3.63, 3.8) is 0 Å². The van der Waals surface area contributed by atoms with Crippen molar-refractivity contribution >= 4 is 11.8 Å². The summed E-state index contributed by atoms with van der Waals surface area (Å²) in [7, 11) is 0. The molecule has 3 heteroatoms. The van der Waals surface area contributed by atoms with E-state index in [2.05, 4.69) is 10.6 Å². The van der Waals surface area contributed by atoms with E-state index in [-0.39, 0.29) is 0 Å². The second-order valence-corrected chi connectivity index (χ2v) is 3.89. The van der Waals surface area contributed by atoms with E-state index in [1.54, 1.807) is 0 Å². The lowest BCUT2D eigenvalue weighted by atomic mass is 10.2. The van der Waals surface area contributed by atoms with Gasteiger partial charge in [0.1, 0.15) is 0 Å². The van der Waals surface area contributed by atoms with Gasteiger partial charge in [0, 0.05) is 18.8 Å². The normalized spacial score (nSPS) is 35.4. The summed E-state index contributed by atoms with van der Waals surface area (Å²) < 4.78 is 0. The number of hydrogen-bond donors (Lipinski definition) is 1. The topological polar surface area (TPSA) is 26.1 Å². The monoisotopic (exact) mass is 156 g/mol. The summed E-state index contributed by atoms with van der Waals surface area (Å²) in [5.74, 6) is 1.25. The maximum atomic E-state index is 4.45. The van der Waals surface area contributed by atoms with Crippen LogP contribution in [0.15, 0.2) is 0 Å². The highest BCUT2D eigenvalue weighted by Gasteiger charge is 2.28. The molecule has 2 aliphatic rings. The van der Waals surface area contributed by atoms with E-state index in [0.29, 0.717) is 5.37 Å². The predicted octanol–water partition coefficient (Wildman–Crippen LogP) is 0.579. The Bertz CT molecular complexity index is 92.2. The SMILES string of the molecule is C1C[N][C](C2NCCS2)C1. The van der Waals surface area contributed by atoms with Gasteiger partial charge in [0.25, 0.3) is 0 Å². The third kappa shape index (κ3) is 1.31. The summed E-state index contributed by atoms with van der Waals surface area (Å²) >= 11 is 2.00. The fourth-order valence-corrected chi connectivity index (χ4v) is 2.51. The summed E-state index contributed by atoms with van der Waals surface area (Å²) in [5.41, 5.74) is 0. The van der Waals surface area contributed by atoms with Gasteiger partial charge >= 0.3 is 0 Å². The Morgan fingerprint density at radius 2 is 2.60 bits per heavy atom. The summed E-state index contributed by atoms with van der Waals surface area (Å²) in [6.45, 7) is 2.22. The molecule has 1 unspecified atom stereocenters. The van der Waals surface area contributed by atoms with E-state index in [1.165, 1.54) is 24.6 Å². The summed E-state index contributed by atoms with van der Waals surface area (Å²) in [4.78, 5) is 0. The molecule has 2 aliphatic heterocycles. The Balaban J connectivity index is 1.85. The molecule has 0 saturated carbocycles. The zero-order valence-electron chi connectivity index (χ0n) is 5.97. The Hall–Kier alpha value is 0.270. The van der Waals surface area contributed by atoms with Crippen LogP contribution in [0.4, 0.5) is 0 Å². The van der Waals surface area contributed by atoms with Gasteiger partial charge in [-0.3, -0.25) is 0 Å². The van der Waals surface area contributed by atoms with Gasteiger partial charge in [0.05, 0.1) is 11.4 Å². The third-order valence-electron chi connectivity index (χ3n) is 1.92. The van der Waals surface area contributed by atoms with Crippen molar-refractivity contribution in [2.24, 2.45) is 0 Å². The first-order chi connectivity index (χ1) is 4.97. The van der Waals surface area contributed by atoms with Crippen molar-refractivity contribution in [3.8, 4) is 0 Å². The first-order valence-electron chi connectivity index (χ1n) is 3.85. The molecular formula is C7H12N2S. The summed E-state index contributed by atoms with van der Waals surface area (Å²) in [6.07, 6.45) is 2.50. The van der Waals surface area contributed by atoms with Crippen LogP contribution in [0.2, 0.25) is 0 Å². The van der Waals surface area contributed by atoms with Crippen molar-refractivity contribution in [2.45, 2.75) is 18.2 Å². The Morgan fingerprint density at radius 1 is 1.60 bits per heavy atom. The van der Waals surface area contributed by atoms with Crippen LogP contribution in [0.25, 0.3) is 0 Å². The van der Waals surface area contributed by atoms with Crippen LogP contribution in [0, 0.1) is 6.04 Å². The molecule has 10 heavy (non-hydrogen) atoms. The van der Waals surface area contributed by atoms with E-state index < -0.39 is 0 Å². The maximum Gasteiger partial charge on any atom is 0.0823 e. The highest BCUT2D eigenvalue weighted by molar-refractivity contribution is 8.00. The minimum Gasteiger partial charge on any atom is -0.303 e. The zero-order chi connectivity index (χ0) is 6.81. The molecule has 2 fully saturated rings. The second kappa shape index (κ2) is 3.11. The van der Waals surface area contributed by atoms with Gasteiger partial charge in [-0.1, -0.05) is 0 Å². The highest BCUT2D eigenvalue weighted by atomic mass is 32.2. The molecule has 1 N–H and O–H groups in total. The maximum absolute atomic E-state index is 4.45. The zero-order valence-corrected chi connectivity index (χ0v) is 6.78. The van der Waals surface area contributed by atoms with Crippen LogP contribution >= 0.6 is 11.8 Å². The molecule has 0 aliphatic carbocycles. The highest BCUT2D eigenvalue weighted by Crippen LogP contribution is 2.28. The largest absolute Gasteiger partial charge is 0.303 e. The van der Waals surface area contributed by atoms with Gasteiger partial charge in [-0.15, -0.1) is 11.8 Å². The molecular weight excluding hydrogens is 144 g/mol. The molecule has 2 saturated heterocycles. The first-order valence-corrected chi connectivity index (χ1v) is 4.90. The lowest BCUT2D eigenvalue weighted by Crippen LogP contribution is -2.29.